The first-order valence-electron chi connectivity index (χ1n) is 6.39. The lowest BCUT2D eigenvalue weighted by molar-refractivity contribution is 0.727. The van der Waals surface area contributed by atoms with Crippen LogP contribution in [0, 0.1) is 6.92 Å². The molecule has 1 aromatic carbocycles. The quantitative estimate of drug-likeness (QED) is 0.776. The molecular weight excluding hydrogens is 236 g/mol. The molecule has 1 N–H and O–H groups in total. The summed E-state index contributed by atoms with van der Waals surface area (Å²) in [4.78, 5) is 8.58. The zero-order valence-electron chi connectivity index (χ0n) is 10.9. The summed E-state index contributed by atoms with van der Waals surface area (Å²) in [5, 5.41) is 4.64. The van der Waals surface area contributed by atoms with E-state index in [4.69, 9.17) is 0 Å². The summed E-state index contributed by atoms with van der Waals surface area (Å²) in [6.45, 7) is 3.78. The van der Waals surface area contributed by atoms with Crippen LogP contribution in [0.3, 0.4) is 0 Å². The molecule has 0 radical (unpaired) electrons. The predicted octanol–water partition coefficient (Wildman–Crippen LogP) is 2.85. The van der Waals surface area contributed by atoms with E-state index in [9.17, 15) is 0 Å². The van der Waals surface area contributed by atoms with Crippen molar-refractivity contribution in [2.24, 2.45) is 0 Å². The monoisotopic (exact) mass is 252 g/mol. The molecule has 96 valence electrons. The Balaban J connectivity index is 1.80. The largest absolute Gasteiger partial charge is 0.383 e. The molecule has 0 spiro atoms. The number of pyridine rings is 1. The van der Waals surface area contributed by atoms with Gasteiger partial charge in [0.05, 0.1) is 11.8 Å². The first-order chi connectivity index (χ1) is 9.33. The lowest BCUT2D eigenvalue weighted by atomic mass is 10.1. The van der Waals surface area contributed by atoms with Gasteiger partial charge in [0.15, 0.2) is 0 Å². The second-order valence-corrected chi connectivity index (χ2v) is 4.56. The summed E-state index contributed by atoms with van der Waals surface area (Å²) in [5.41, 5.74) is 3.21. The number of anilines is 1. The number of hydrogen-bond acceptors (Lipinski definition) is 3. The normalized spacial score (nSPS) is 10.8. The van der Waals surface area contributed by atoms with Gasteiger partial charge in [0.1, 0.15) is 0 Å². The van der Waals surface area contributed by atoms with Crippen LogP contribution in [-0.2, 0) is 6.54 Å². The number of benzene rings is 1. The van der Waals surface area contributed by atoms with Gasteiger partial charge in [0.2, 0.25) is 0 Å². The summed E-state index contributed by atoms with van der Waals surface area (Å²) in [6.07, 6.45) is 5.60. The molecule has 0 aliphatic rings. The Bertz CT molecular complexity index is 674. The summed E-state index contributed by atoms with van der Waals surface area (Å²) in [5.74, 6) is 0. The number of fused-ring (bicyclic) bond motifs is 1. The fourth-order valence-electron chi connectivity index (χ4n) is 2.19. The van der Waals surface area contributed by atoms with Gasteiger partial charge in [0, 0.05) is 42.3 Å². The number of imidazole rings is 1. The molecule has 4 nitrogen and oxygen atoms in total. The fourth-order valence-corrected chi connectivity index (χ4v) is 2.19. The molecule has 0 atom stereocenters. The highest BCUT2D eigenvalue weighted by Crippen LogP contribution is 2.22. The van der Waals surface area contributed by atoms with Crippen LogP contribution >= 0.6 is 0 Å². The Morgan fingerprint density at radius 2 is 2.16 bits per heavy atom. The van der Waals surface area contributed by atoms with Crippen molar-refractivity contribution in [2.45, 2.75) is 13.5 Å². The van der Waals surface area contributed by atoms with Crippen LogP contribution < -0.4 is 5.32 Å². The second kappa shape index (κ2) is 5.10. The average molecular weight is 252 g/mol. The van der Waals surface area contributed by atoms with Crippen molar-refractivity contribution < 1.29 is 0 Å². The Hall–Kier alpha value is -2.36. The first-order valence-corrected chi connectivity index (χ1v) is 6.39. The van der Waals surface area contributed by atoms with Gasteiger partial charge in [-0.15, -0.1) is 0 Å². The minimum atomic E-state index is 0.865. The van der Waals surface area contributed by atoms with Gasteiger partial charge in [-0.1, -0.05) is 18.2 Å². The lowest BCUT2D eigenvalue weighted by Crippen LogP contribution is -2.09. The number of aromatic nitrogens is 3. The average Bonchev–Trinajstić information content (AvgIpc) is 2.91. The van der Waals surface area contributed by atoms with Crippen molar-refractivity contribution in [3.8, 4) is 0 Å². The van der Waals surface area contributed by atoms with E-state index in [2.05, 4.69) is 32.0 Å². The van der Waals surface area contributed by atoms with Crippen molar-refractivity contribution in [1.82, 2.24) is 14.5 Å². The van der Waals surface area contributed by atoms with Crippen molar-refractivity contribution in [3.63, 3.8) is 0 Å². The van der Waals surface area contributed by atoms with E-state index in [1.54, 1.807) is 6.20 Å². The Labute approximate surface area is 112 Å². The van der Waals surface area contributed by atoms with E-state index in [1.165, 1.54) is 5.39 Å². The summed E-state index contributed by atoms with van der Waals surface area (Å²) < 4.78 is 2.06. The van der Waals surface area contributed by atoms with Crippen LogP contribution in [0.2, 0.25) is 0 Å². The standard InChI is InChI=1S/C15H16N4/c1-12-10-15(13-4-2-3-5-14(13)18-12)17-7-9-19-8-6-16-11-19/h2-6,8,10-11H,7,9H2,1H3,(H,17,18). The zero-order chi connectivity index (χ0) is 13.1. The van der Waals surface area contributed by atoms with E-state index >= 15 is 0 Å². The van der Waals surface area contributed by atoms with E-state index in [0.29, 0.717) is 0 Å². The van der Waals surface area contributed by atoms with Crippen LogP contribution in [0.5, 0.6) is 0 Å². The number of rotatable bonds is 4. The third-order valence-corrected chi connectivity index (χ3v) is 3.09. The summed E-state index contributed by atoms with van der Waals surface area (Å²) in [6, 6.07) is 10.3. The van der Waals surface area contributed by atoms with Crippen molar-refractivity contribution in [3.05, 3.63) is 54.7 Å². The molecule has 0 fully saturated rings. The predicted molar refractivity (Wildman–Crippen MR) is 77.2 cm³/mol. The van der Waals surface area contributed by atoms with Crippen LogP contribution in [-0.4, -0.2) is 21.1 Å². The van der Waals surface area contributed by atoms with E-state index < -0.39 is 0 Å². The molecule has 0 amide bonds. The molecule has 19 heavy (non-hydrogen) atoms. The molecule has 4 heteroatoms. The molecule has 0 bridgehead atoms. The molecule has 0 aliphatic heterocycles. The molecular formula is C15H16N4. The minimum Gasteiger partial charge on any atom is -0.383 e. The smallest absolute Gasteiger partial charge is 0.0946 e. The van der Waals surface area contributed by atoms with Crippen LogP contribution in [0.1, 0.15) is 5.69 Å². The molecule has 0 aliphatic carbocycles. The maximum Gasteiger partial charge on any atom is 0.0946 e. The highest BCUT2D eigenvalue weighted by atomic mass is 15.0. The van der Waals surface area contributed by atoms with Gasteiger partial charge >= 0.3 is 0 Å². The van der Waals surface area contributed by atoms with Crippen molar-refractivity contribution >= 4 is 16.6 Å². The van der Waals surface area contributed by atoms with Gasteiger partial charge in [-0.3, -0.25) is 4.98 Å². The molecule has 0 unspecified atom stereocenters. The number of nitrogens with zero attached hydrogens (tertiary/aromatic N) is 3. The lowest BCUT2D eigenvalue weighted by Gasteiger charge is -2.11. The molecule has 2 heterocycles. The van der Waals surface area contributed by atoms with Gasteiger partial charge < -0.3 is 9.88 Å². The van der Waals surface area contributed by atoms with Crippen LogP contribution in [0.4, 0.5) is 5.69 Å². The molecule has 3 rings (SSSR count). The molecule has 3 aromatic rings. The van der Waals surface area contributed by atoms with E-state index in [-0.39, 0.29) is 0 Å². The Morgan fingerprint density at radius 3 is 3.00 bits per heavy atom. The number of nitrogens with one attached hydrogen (secondary N) is 1. The SMILES string of the molecule is Cc1cc(NCCn2ccnc2)c2ccccc2n1. The molecule has 0 saturated carbocycles. The highest BCUT2D eigenvalue weighted by Gasteiger charge is 2.02. The second-order valence-electron chi connectivity index (χ2n) is 4.56. The Kier molecular flexibility index (Phi) is 3.14. The van der Waals surface area contributed by atoms with Gasteiger partial charge in [-0.05, 0) is 19.1 Å². The number of para-hydroxylation sites is 1. The maximum atomic E-state index is 4.54. The fraction of sp³-hybridized carbons (Fsp3) is 0.200. The highest BCUT2D eigenvalue weighted by molar-refractivity contribution is 5.91. The van der Waals surface area contributed by atoms with E-state index in [1.807, 2.05) is 37.6 Å². The van der Waals surface area contributed by atoms with Crippen molar-refractivity contribution in [1.29, 1.82) is 0 Å². The number of hydrogen-bond donors (Lipinski definition) is 1. The number of aryl methyl sites for hydroxylation is 1. The maximum absolute atomic E-state index is 4.54. The third kappa shape index (κ3) is 2.57. The van der Waals surface area contributed by atoms with Gasteiger partial charge in [-0.25, -0.2) is 4.98 Å². The minimum absolute atomic E-state index is 0.865. The van der Waals surface area contributed by atoms with Crippen LogP contribution in [0.15, 0.2) is 49.1 Å². The van der Waals surface area contributed by atoms with E-state index in [0.717, 1.165) is 30.0 Å². The first kappa shape index (κ1) is 11.7. The topological polar surface area (TPSA) is 42.7 Å². The van der Waals surface area contributed by atoms with Crippen molar-refractivity contribution in [2.75, 3.05) is 11.9 Å². The van der Waals surface area contributed by atoms with Crippen LogP contribution in [0.25, 0.3) is 10.9 Å². The summed E-state index contributed by atoms with van der Waals surface area (Å²) in [7, 11) is 0. The molecule has 0 saturated heterocycles. The zero-order valence-corrected chi connectivity index (χ0v) is 10.9. The summed E-state index contributed by atoms with van der Waals surface area (Å²) >= 11 is 0. The Morgan fingerprint density at radius 1 is 1.26 bits per heavy atom. The molecule has 2 aromatic heterocycles. The third-order valence-electron chi connectivity index (χ3n) is 3.09. The van der Waals surface area contributed by atoms with Gasteiger partial charge in [0.25, 0.3) is 0 Å². The van der Waals surface area contributed by atoms with Gasteiger partial charge in [-0.2, -0.15) is 0 Å².